The Morgan fingerprint density at radius 3 is 2.74 bits per heavy atom. The van der Waals surface area contributed by atoms with Crippen molar-refractivity contribution in [1.82, 2.24) is 9.78 Å². The number of hydrogen-bond donors (Lipinski definition) is 0. The predicted molar refractivity (Wildman–Crippen MR) is 88.7 cm³/mol. The van der Waals surface area contributed by atoms with Crippen LogP contribution in [0.3, 0.4) is 0 Å². The van der Waals surface area contributed by atoms with E-state index < -0.39 is 5.97 Å². The Morgan fingerprint density at radius 1 is 1.30 bits per heavy atom. The molecule has 0 aliphatic heterocycles. The van der Waals surface area contributed by atoms with E-state index in [-0.39, 0.29) is 11.5 Å². The van der Waals surface area contributed by atoms with Gasteiger partial charge in [-0.1, -0.05) is 28.1 Å². The van der Waals surface area contributed by atoms with E-state index in [4.69, 9.17) is 4.74 Å². The molecule has 0 N–H and O–H groups in total. The van der Waals surface area contributed by atoms with Crippen LogP contribution in [0, 0.1) is 0 Å². The number of carbonyl (C=O) groups is 2. The predicted octanol–water partition coefficient (Wildman–Crippen LogP) is 3.39. The van der Waals surface area contributed by atoms with Crippen LogP contribution < -0.4 is 0 Å². The Morgan fingerprint density at radius 2 is 2.04 bits per heavy atom. The highest BCUT2D eigenvalue weighted by atomic mass is 79.9. The first-order valence-electron chi connectivity index (χ1n) is 7.64. The zero-order valence-electron chi connectivity index (χ0n) is 12.8. The van der Waals surface area contributed by atoms with Gasteiger partial charge in [-0.25, -0.2) is 4.79 Å². The van der Waals surface area contributed by atoms with E-state index in [1.807, 2.05) is 24.3 Å². The van der Waals surface area contributed by atoms with Crippen LogP contribution in [0.25, 0.3) is 0 Å². The molecule has 0 fully saturated rings. The number of ether oxygens (including phenoxy) is 1. The molecule has 2 aromatic rings. The summed E-state index contributed by atoms with van der Waals surface area (Å²) in [5.41, 5.74) is 2.60. The molecule has 6 heteroatoms. The van der Waals surface area contributed by atoms with Gasteiger partial charge in [-0.3, -0.25) is 9.48 Å². The number of nitrogens with zero attached hydrogens (tertiary/aromatic N) is 2. The zero-order chi connectivity index (χ0) is 16.4. The van der Waals surface area contributed by atoms with Crippen molar-refractivity contribution < 1.29 is 14.3 Å². The number of aromatic nitrogens is 2. The number of ketones is 1. The fraction of sp³-hybridized carbons (Fsp3) is 0.353. The van der Waals surface area contributed by atoms with Crippen molar-refractivity contribution >= 4 is 27.7 Å². The molecular formula is C17H17BrN2O3. The Kier molecular flexibility index (Phi) is 4.61. The summed E-state index contributed by atoms with van der Waals surface area (Å²) in [5.74, 6) is -0.403. The molecule has 1 aromatic heterocycles. The quantitative estimate of drug-likeness (QED) is 0.767. The number of benzene rings is 1. The monoisotopic (exact) mass is 376 g/mol. The van der Waals surface area contributed by atoms with Gasteiger partial charge >= 0.3 is 5.97 Å². The van der Waals surface area contributed by atoms with Crippen molar-refractivity contribution in [3.63, 3.8) is 0 Å². The molecule has 5 nitrogen and oxygen atoms in total. The van der Waals surface area contributed by atoms with Crippen LogP contribution in [0.2, 0.25) is 0 Å². The molecule has 0 saturated heterocycles. The van der Waals surface area contributed by atoms with Crippen molar-refractivity contribution in [2.45, 2.75) is 32.7 Å². The van der Waals surface area contributed by atoms with E-state index in [0.717, 1.165) is 22.0 Å². The highest BCUT2D eigenvalue weighted by Gasteiger charge is 2.30. The minimum Gasteiger partial charge on any atom is -0.461 e. The lowest BCUT2D eigenvalue weighted by Gasteiger charge is -2.13. The maximum absolute atomic E-state index is 12.3. The van der Waals surface area contributed by atoms with Crippen molar-refractivity contribution in [2.24, 2.45) is 0 Å². The molecule has 0 amide bonds. The molecule has 1 aliphatic carbocycles. The molecule has 120 valence electrons. The summed E-state index contributed by atoms with van der Waals surface area (Å²) in [4.78, 5) is 24.4. The average Bonchev–Trinajstić information content (AvgIpc) is 2.90. The second kappa shape index (κ2) is 6.66. The average molecular weight is 377 g/mol. The lowest BCUT2D eigenvalue weighted by molar-refractivity contribution is 0.0517. The second-order valence-electron chi connectivity index (χ2n) is 5.46. The number of rotatable bonds is 4. The summed E-state index contributed by atoms with van der Waals surface area (Å²) >= 11 is 3.40. The standard InChI is InChI=1S/C17H17BrN2O3/c1-2-23-17(22)15-13-4-3-5-14(21)16(13)20(19-15)10-11-6-8-12(18)9-7-11/h6-9H,2-5,10H2,1H3. The summed E-state index contributed by atoms with van der Waals surface area (Å²) < 4.78 is 7.71. The Labute approximate surface area is 142 Å². The highest BCUT2D eigenvalue weighted by molar-refractivity contribution is 9.10. The van der Waals surface area contributed by atoms with Crippen LogP contribution in [-0.4, -0.2) is 28.1 Å². The van der Waals surface area contributed by atoms with Crippen molar-refractivity contribution in [2.75, 3.05) is 6.61 Å². The van der Waals surface area contributed by atoms with Crippen molar-refractivity contribution in [3.05, 3.63) is 51.3 Å². The van der Waals surface area contributed by atoms with Crippen LogP contribution in [0.1, 0.15) is 51.9 Å². The maximum Gasteiger partial charge on any atom is 0.359 e. The second-order valence-corrected chi connectivity index (χ2v) is 6.37. The minimum atomic E-state index is -0.451. The van der Waals surface area contributed by atoms with E-state index in [1.54, 1.807) is 11.6 Å². The van der Waals surface area contributed by atoms with Gasteiger partial charge in [0.15, 0.2) is 11.5 Å². The van der Waals surface area contributed by atoms with E-state index in [1.165, 1.54) is 0 Å². The van der Waals surface area contributed by atoms with Gasteiger partial charge in [0.05, 0.1) is 13.2 Å². The number of carbonyl (C=O) groups excluding carboxylic acids is 2. The van der Waals surface area contributed by atoms with Crippen molar-refractivity contribution in [3.8, 4) is 0 Å². The minimum absolute atomic E-state index is 0.0476. The van der Waals surface area contributed by atoms with Gasteiger partial charge in [-0.05, 0) is 37.5 Å². The summed E-state index contributed by atoms with van der Waals surface area (Å²) in [7, 11) is 0. The molecule has 1 aromatic carbocycles. The fourth-order valence-corrected chi connectivity index (χ4v) is 3.10. The molecule has 0 saturated carbocycles. The summed E-state index contributed by atoms with van der Waals surface area (Å²) in [6.45, 7) is 2.51. The molecule has 3 rings (SSSR count). The van der Waals surface area contributed by atoms with Gasteiger partial charge in [0.1, 0.15) is 5.69 Å². The molecule has 0 atom stereocenters. The van der Waals surface area contributed by atoms with E-state index >= 15 is 0 Å². The van der Waals surface area contributed by atoms with Crippen LogP contribution in [0.4, 0.5) is 0 Å². The molecular weight excluding hydrogens is 360 g/mol. The number of hydrogen-bond acceptors (Lipinski definition) is 4. The van der Waals surface area contributed by atoms with Gasteiger partial charge in [0.2, 0.25) is 0 Å². The van der Waals surface area contributed by atoms with E-state index in [9.17, 15) is 9.59 Å². The molecule has 0 radical (unpaired) electrons. The SMILES string of the molecule is CCOC(=O)c1nn(Cc2ccc(Br)cc2)c2c1CCCC2=O. The van der Waals surface area contributed by atoms with E-state index in [2.05, 4.69) is 21.0 Å². The lowest BCUT2D eigenvalue weighted by Crippen LogP contribution is -2.17. The van der Waals surface area contributed by atoms with Gasteiger partial charge in [0.25, 0.3) is 0 Å². The molecule has 0 unspecified atom stereocenters. The first kappa shape index (κ1) is 15.9. The Hall–Kier alpha value is -1.95. The first-order valence-corrected chi connectivity index (χ1v) is 8.44. The number of esters is 1. The Bertz CT molecular complexity index is 750. The van der Waals surface area contributed by atoms with Crippen LogP contribution >= 0.6 is 15.9 Å². The summed E-state index contributed by atoms with van der Waals surface area (Å²) in [6, 6.07) is 7.82. The molecule has 1 heterocycles. The molecule has 1 aliphatic rings. The number of fused-ring (bicyclic) bond motifs is 1. The first-order chi connectivity index (χ1) is 11.1. The third kappa shape index (κ3) is 3.22. The molecule has 23 heavy (non-hydrogen) atoms. The maximum atomic E-state index is 12.3. The number of halogens is 1. The summed E-state index contributed by atoms with van der Waals surface area (Å²) in [5, 5.41) is 4.39. The third-order valence-electron chi connectivity index (χ3n) is 3.86. The van der Waals surface area contributed by atoms with Gasteiger partial charge in [-0.15, -0.1) is 0 Å². The van der Waals surface area contributed by atoms with Crippen LogP contribution in [0.5, 0.6) is 0 Å². The lowest BCUT2D eigenvalue weighted by atomic mass is 9.94. The van der Waals surface area contributed by atoms with Crippen molar-refractivity contribution in [1.29, 1.82) is 0 Å². The van der Waals surface area contributed by atoms with E-state index in [0.29, 0.717) is 31.7 Å². The zero-order valence-corrected chi connectivity index (χ0v) is 14.4. The molecule has 0 spiro atoms. The van der Waals surface area contributed by atoms with Gasteiger partial charge < -0.3 is 4.74 Å². The van der Waals surface area contributed by atoms with Gasteiger partial charge in [0, 0.05) is 16.5 Å². The third-order valence-corrected chi connectivity index (χ3v) is 4.39. The number of Topliss-reactive ketones (excluding diaryl/α,β-unsaturated/α-hetero) is 1. The fourth-order valence-electron chi connectivity index (χ4n) is 2.83. The van der Waals surface area contributed by atoms with Gasteiger partial charge in [-0.2, -0.15) is 5.10 Å². The normalized spacial score (nSPS) is 13.7. The smallest absolute Gasteiger partial charge is 0.359 e. The topological polar surface area (TPSA) is 61.2 Å². The van der Waals surface area contributed by atoms with Crippen LogP contribution in [-0.2, 0) is 17.7 Å². The summed E-state index contributed by atoms with van der Waals surface area (Å²) in [6.07, 6.45) is 1.94. The molecule has 0 bridgehead atoms. The van der Waals surface area contributed by atoms with Crippen LogP contribution in [0.15, 0.2) is 28.7 Å². The largest absolute Gasteiger partial charge is 0.461 e. The Balaban J connectivity index is 2.00. The highest BCUT2D eigenvalue weighted by Crippen LogP contribution is 2.26.